The van der Waals surface area contributed by atoms with Crippen molar-refractivity contribution < 1.29 is 17.7 Å². The van der Waals surface area contributed by atoms with Crippen LogP contribution in [-0.4, -0.2) is 37.1 Å². The van der Waals surface area contributed by atoms with Crippen LogP contribution in [0.3, 0.4) is 0 Å². The molecule has 5 nitrogen and oxygen atoms in total. The maximum absolute atomic E-state index is 5.44. The average Bonchev–Trinajstić information content (AvgIpc) is 2.37. The summed E-state index contributed by atoms with van der Waals surface area (Å²) in [7, 11) is 1.57. The molecular weight excluding hydrogens is 226 g/mol. The van der Waals surface area contributed by atoms with Crippen LogP contribution in [0.2, 0.25) is 0 Å². The fourth-order valence-electron chi connectivity index (χ4n) is 1.19. The lowest BCUT2D eigenvalue weighted by Gasteiger charge is -2.23. The van der Waals surface area contributed by atoms with Gasteiger partial charge in [0, 0.05) is 27.0 Å². The summed E-state index contributed by atoms with van der Waals surface area (Å²) in [4.78, 5) is 0. The first kappa shape index (κ1) is 13.1. The second-order valence-electron chi connectivity index (χ2n) is 2.94. The Morgan fingerprint density at radius 3 is 2.06 bits per heavy atom. The predicted molar refractivity (Wildman–Crippen MR) is 62.8 cm³/mol. The van der Waals surface area contributed by atoms with E-state index in [1.165, 1.54) is 21.3 Å². The zero-order valence-electron chi connectivity index (χ0n) is 9.73. The molecule has 0 fully saturated rings. The van der Waals surface area contributed by atoms with Gasteiger partial charge in [0.25, 0.3) is 0 Å². The van der Waals surface area contributed by atoms with E-state index in [-0.39, 0.29) is 6.73 Å². The number of benzene rings is 1. The van der Waals surface area contributed by atoms with Gasteiger partial charge >= 0.3 is 9.05 Å². The van der Waals surface area contributed by atoms with Gasteiger partial charge < -0.3 is 23.0 Å². The molecule has 1 aromatic carbocycles. The summed E-state index contributed by atoms with van der Waals surface area (Å²) in [6.45, 7) is 0.270. The Balaban J connectivity index is 2.39. The van der Waals surface area contributed by atoms with Gasteiger partial charge in [-0.05, 0) is 12.1 Å². The molecule has 1 rings (SSSR count). The monoisotopic (exact) mass is 243 g/mol. The zero-order valence-corrected chi connectivity index (χ0v) is 10.7. The molecule has 1 N–H and O–H groups in total. The third kappa shape index (κ3) is 3.58. The number of anilines is 1. The Morgan fingerprint density at radius 2 is 1.56 bits per heavy atom. The van der Waals surface area contributed by atoms with Gasteiger partial charge in [-0.3, -0.25) is 0 Å². The molecular formula is C10H17NO4Si. The lowest BCUT2D eigenvalue weighted by molar-refractivity contribution is 0.0107. The Labute approximate surface area is 96.8 Å². The van der Waals surface area contributed by atoms with E-state index in [1.54, 1.807) is 0 Å². The maximum Gasteiger partial charge on any atom is 0.680 e. The average molecular weight is 243 g/mol. The Hall–Kier alpha value is -0.923. The summed E-state index contributed by atoms with van der Waals surface area (Å²) < 4.78 is 20.8. The summed E-state index contributed by atoms with van der Waals surface area (Å²) in [5.74, 6) is 0. The number of rotatable bonds is 7. The minimum absolute atomic E-state index is 0.270. The van der Waals surface area contributed by atoms with E-state index in [1.807, 2.05) is 30.3 Å². The van der Waals surface area contributed by atoms with E-state index in [2.05, 4.69) is 5.32 Å². The number of hydrogen-bond acceptors (Lipinski definition) is 5. The summed E-state index contributed by atoms with van der Waals surface area (Å²) >= 11 is 0. The topological polar surface area (TPSA) is 49.0 Å². The molecule has 0 radical (unpaired) electrons. The first-order chi connectivity index (χ1) is 7.76. The molecule has 0 amide bonds. The Kier molecular flexibility index (Phi) is 5.43. The zero-order chi connectivity index (χ0) is 11.9. The summed E-state index contributed by atoms with van der Waals surface area (Å²) in [5, 5.41) is 3.08. The highest BCUT2D eigenvalue weighted by molar-refractivity contribution is 6.53. The van der Waals surface area contributed by atoms with Crippen LogP contribution in [0.15, 0.2) is 30.3 Å². The van der Waals surface area contributed by atoms with Gasteiger partial charge in [-0.1, -0.05) is 18.2 Å². The maximum atomic E-state index is 5.44. The molecule has 0 saturated heterocycles. The van der Waals surface area contributed by atoms with Crippen molar-refractivity contribution in [1.29, 1.82) is 0 Å². The van der Waals surface area contributed by atoms with E-state index in [0.29, 0.717) is 0 Å². The smallest absolute Gasteiger partial charge is 0.363 e. The standard InChI is InChI=1S/C10H17NO4Si/c1-12-16(13-2,14-3)15-9-11-10-7-5-4-6-8-10/h4-8,11H,9H2,1-3H3. The van der Waals surface area contributed by atoms with Crippen molar-refractivity contribution in [2.75, 3.05) is 33.4 Å². The van der Waals surface area contributed by atoms with Crippen molar-refractivity contribution >= 4 is 14.7 Å². The van der Waals surface area contributed by atoms with Gasteiger partial charge in [-0.25, -0.2) is 0 Å². The predicted octanol–water partition coefficient (Wildman–Crippen LogP) is 1.45. The van der Waals surface area contributed by atoms with Crippen molar-refractivity contribution in [1.82, 2.24) is 0 Å². The van der Waals surface area contributed by atoms with Crippen molar-refractivity contribution in [2.24, 2.45) is 0 Å². The molecule has 0 unspecified atom stereocenters. The summed E-state index contributed by atoms with van der Waals surface area (Å²) in [6.07, 6.45) is 0. The largest absolute Gasteiger partial charge is 0.680 e. The second kappa shape index (κ2) is 6.61. The Morgan fingerprint density at radius 1 is 1.00 bits per heavy atom. The van der Waals surface area contributed by atoms with Gasteiger partial charge in [-0.15, -0.1) is 0 Å². The van der Waals surface area contributed by atoms with Crippen LogP contribution in [0.25, 0.3) is 0 Å². The molecule has 0 aliphatic carbocycles. The third-order valence-corrected chi connectivity index (χ3v) is 4.05. The molecule has 1 aromatic rings. The summed E-state index contributed by atoms with van der Waals surface area (Å²) in [5.41, 5.74) is 0.966. The van der Waals surface area contributed by atoms with Crippen LogP contribution in [0.5, 0.6) is 0 Å². The fraction of sp³-hybridized carbons (Fsp3) is 0.400. The van der Waals surface area contributed by atoms with E-state index in [0.717, 1.165) is 5.69 Å². The lowest BCUT2D eigenvalue weighted by Crippen LogP contribution is -2.47. The van der Waals surface area contributed by atoms with Crippen LogP contribution < -0.4 is 5.32 Å². The fourth-order valence-corrected chi connectivity index (χ4v) is 2.29. The van der Waals surface area contributed by atoms with E-state index < -0.39 is 9.05 Å². The van der Waals surface area contributed by atoms with E-state index in [4.69, 9.17) is 17.7 Å². The van der Waals surface area contributed by atoms with Crippen LogP contribution in [0, 0.1) is 0 Å². The van der Waals surface area contributed by atoms with Crippen LogP contribution in [0.4, 0.5) is 5.69 Å². The molecule has 0 heterocycles. The van der Waals surface area contributed by atoms with Gasteiger partial charge in [0.05, 0.1) is 0 Å². The first-order valence-corrected chi connectivity index (χ1v) is 6.48. The van der Waals surface area contributed by atoms with Gasteiger partial charge in [0.1, 0.15) is 6.73 Å². The van der Waals surface area contributed by atoms with Crippen LogP contribution >= 0.6 is 0 Å². The molecule has 90 valence electrons. The molecule has 0 bridgehead atoms. The van der Waals surface area contributed by atoms with Crippen molar-refractivity contribution in [3.63, 3.8) is 0 Å². The highest BCUT2D eigenvalue weighted by atomic mass is 28.4. The van der Waals surface area contributed by atoms with E-state index >= 15 is 0 Å². The number of nitrogens with one attached hydrogen (secondary N) is 1. The number of para-hydroxylation sites is 1. The molecule has 0 saturated carbocycles. The lowest BCUT2D eigenvalue weighted by atomic mass is 10.3. The van der Waals surface area contributed by atoms with E-state index in [9.17, 15) is 0 Å². The normalized spacial score (nSPS) is 11.4. The van der Waals surface area contributed by atoms with Gasteiger partial charge in [0.2, 0.25) is 0 Å². The molecule has 16 heavy (non-hydrogen) atoms. The summed E-state index contributed by atoms with van der Waals surface area (Å²) in [6, 6.07) is 9.72. The minimum Gasteiger partial charge on any atom is -0.363 e. The molecule has 6 heteroatoms. The number of hydrogen-bond donors (Lipinski definition) is 1. The van der Waals surface area contributed by atoms with Crippen LogP contribution in [-0.2, 0) is 17.7 Å². The van der Waals surface area contributed by atoms with Crippen molar-refractivity contribution in [3.8, 4) is 0 Å². The third-order valence-electron chi connectivity index (χ3n) is 2.05. The molecule has 0 aromatic heterocycles. The second-order valence-corrected chi connectivity index (χ2v) is 5.46. The minimum atomic E-state index is -2.93. The highest BCUT2D eigenvalue weighted by Crippen LogP contribution is 2.09. The van der Waals surface area contributed by atoms with Gasteiger partial charge in [-0.2, -0.15) is 0 Å². The van der Waals surface area contributed by atoms with Gasteiger partial charge in [0.15, 0.2) is 0 Å². The van der Waals surface area contributed by atoms with Crippen molar-refractivity contribution in [2.45, 2.75) is 0 Å². The molecule has 0 aliphatic heterocycles. The quantitative estimate of drug-likeness (QED) is 0.580. The molecule has 0 spiro atoms. The highest BCUT2D eigenvalue weighted by Gasteiger charge is 2.42. The SMILES string of the molecule is CO[Si](OC)(OC)OCNc1ccccc1. The Bertz CT molecular complexity index is 284. The van der Waals surface area contributed by atoms with Crippen molar-refractivity contribution in [3.05, 3.63) is 30.3 Å². The van der Waals surface area contributed by atoms with Crippen LogP contribution in [0.1, 0.15) is 0 Å². The molecule has 0 aliphatic rings. The first-order valence-electron chi connectivity index (χ1n) is 4.84. The molecule has 0 atom stereocenters.